The Labute approximate surface area is 128 Å². The van der Waals surface area contributed by atoms with Gasteiger partial charge in [-0.1, -0.05) is 68.0 Å². The quantitative estimate of drug-likeness (QED) is 0.402. The Morgan fingerprint density at radius 2 is 1.17 bits per heavy atom. The van der Waals surface area contributed by atoms with Gasteiger partial charge >= 0.3 is 0 Å². The number of halogens is 1. The highest BCUT2D eigenvalue weighted by Gasteiger charge is 2.30. The van der Waals surface area contributed by atoms with Gasteiger partial charge in [-0.25, -0.2) is 0 Å². The van der Waals surface area contributed by atoms with E-state index in [2.05, 4.69) is 29.5 Å². The Balaban J connectivity index is 1.68. The van der Waals surface area contributed by atoms with E-state index >= 15 is 0 Å². The lowest BCUT2D eigenvalue weighted by molar-refractivity contribution is 0.143. The molecule has 0 aromatic rings. The van der Waals surface area contributed by atoms with E-state index in [4.69, 9.17) is 0 Å². The second-order valence-electron chi connectivity index (χ2n) is 6.83. The maximum absolute atomic E-state index is 2.55. The first kappa shape index (κ1) is 15.1. The molecule has 2 saturated carbocycles. The Morgan fingerprint density at radius 1 is 0.722 bits per heavy atom. The van der Waals surface area contributed by atoms with Gasteiger partial charge in [-0.15, -0.1) is 0 Å². The lowest BCUT2D eigenvalue weighted by atomic mass is 9.68. The molecule has 0 unspecified atom stereocenters. The minimum absolute atomic E-state index is 1.08. The van der Waals surface area contributed by atoms with Crippen molar-refractivity contribution in [1.82, 2.24) is 0 Å². The maximum Gasteiger partial charge on any atom is -0.000209 e. The van der Waals surface area contributed by atoms with Crippen LogP contribution in [0.15, 0.2) is 0 Å². The summed E-state index contributed by atoms with van der Waals surface area (Å²) in [6, 6.07) is 0. The second-order valence-corrected chi connectivity index (χ2v) is 7.91. The molecule has 2 rings (SSSR count). The Morgan fingerprint density at radius 3 is 1.56 bits per heavy atom. The van der Waals surface area contributed by atoms with Crippen LogP contribution in [0.25, 0.3) is 0 Å². The van der Waals surface area contributed by atoms with Crippen LogP contribution in [0.3, 0.4) is 0 Å². The minimum Gasteiger partial charge on any atom is -0.0864 e. The third kappa shape index (κ3) is 4.38. The molecular weight excluding hydrogens is 331 g/mol. The topological polar surface area (TPSA) is 0 Å². The molecule has 106 valence electrons. The lowest BCUT2D eigenvalue weighted by Crippen LogP contribution is -2.26. The van der Waals surface area contributed by atoms with Gasteiger partial charge in [-0.05, 0) is 60.2 Å². The maximum atomic E-state index is 2.55. The first-order valence-electron chi connectivity index (χ1n) is 8.39. The summed E-state index contributed by atoms with van der Waals surface area (Å²) in [4.78, 5) is 0. The van der Waals surface area contributed by atoms with Crippen molar-refractivity contribution in [3.05, 3.63) is 0 Å². The van der Waals surface area contributed by atoms with E-state index in [-0.39, 0.29) is 0 Å². The monoisotopic (exact) mass is 362 g/mol. The van der Waals surface area contributed by atoms with Crippen molar-refractivity contribution >= 4 is 22.6 Å². The molecule has 0 spiro atoms. The van der Waals surface area contributed by atoms with Gasteiger partial charge in [-0.3, -0.25) is 0 Å². The van der Waals surface area contributed by atoms with Gasteiger partial charge in [0.15, 0.2) is 0 Å². The highest BCUT2D eigenvalue weighted by atomic mass is 127. The van der Waals surface area contributed by atoms with E-state index in [1.807, 2.05) is 0 Å². The Kier molecular flexibility index (Phi) is 6.82. The second kappa shape index (κ2) is 8.11. The van der Waals surface area contributed by atoms with Crippen molar-refractivity contribution in [2.75, 3.05) is 4.43 Å². The minimum atomic E-state index is 1.08. The third-order valence-electron chi connectivity index (χ3n) is 5.66. The van der Waals surface area contributed by atoms with Gasteiger partial charge in [0.25, 0.3) is 0 Å². The zero-order chi connectivity index (χ0) is 12.8. The molecule has 0 N–H and O–H groups in total. The molecule has 0 saturated heterocycles. The van der Waals surface area contributed by atoms with Crippen LogP contribution in [0.5, 0.6) is 0 Å². The highest BCUT2D eigenvalue weighted by Crippen LogP contribution is 2.42. The number of hydrogen-bond donors (Lipinski definition) is 0. The van der Waals surface area contributed by atoms with E-state index in [0.29, 0.717) is 0 Å². The molecule has 0 heterocycles. The zero-order valence-electron chi connectivity index (χ0n) is 12.2. The molecule has 0 radical (unpaired) electrons. The molecule has 0 nitrogen and oxygen atoms in total. The molecule has 1 heteroatoms. The average molecular weight is 362 g/mol. The van der Waals surface area contributed by atoms with Crippen LogP contribution in [0.4, 0.5) is 0 Å². The highest BCUT2D eigenvalue weighted by molar-refractivity contribution is 14.1. The smallest absolute Gasteiger partial charge is 0.000209 e. The number of rotatable bonds is 5. The van der Waals surface area contributed by atoms with Crippen molar-refractivity contribution in [1.29, 1.82) is 0 Å². The van der Waals surface area contributed by atoms with E-state index in [1.165, 1.54) is 23.7 Å². The molecule has 2 aliphatic rings. The van der Waals surface area contributed by atoms with Gasteiger partial charge in [-0.2, -0.15) is 0 Å². The van der Waals surface area contributed by atoms with Crippen LogP contribution in [-0.2, 0) is 0 Å². The van der Waals surface area contributed by atoms with Crippen LogP contribution in [0.1, 0.15) is 77.6 Å². The number of alkyl halides is 1. The predicted molar refractivity (Wildman–Crippen MR) is 89.3 cm³/mol. The van der Waals surface area contributed by atoms with Crippen LogP contribution in [0, 0.1) is 23.7 Å². The first-order chi connectivity index (χ1) is 8.83. The normalized spacial score (nSPS) is 37.7. The largest absolute Gasteiger partial charge is 0.0864 e. The fourth-order valence-electron chi connectivity index (χ4n) is 4.46. The summed E-state index contributed by atoms with van der Waals surface area (Å²) in [7, 11) is 0. The van der Waals surface area contributed by atoms with E-state index in [1.54, 1.807) is 51.4 Å². The summed E-state index contributed by atoms with van der Waals surface area (Å²) in [6.07, 6.45) is 16.8. The molecule has 0 aliphatic heterocycles. The zero-order valence-corrected chi connectivity index (χ0v) is 14.3. The third-order valence-corrected chi connectivity index (χ3v) is 6.29. The van der Waals surface area contributed by atoms with E-state index in [9.17, 15) is 0 Å². The fraction of sp³-hybridized carbons (Fsp3) is 1.00. The summed E-state index contributed by atoms with van der Waals surface area (Å²) in [5.74, 6) is 4.38. The standard InChI is InChI=1S/C17H31I/c1-2-3-14-4-8-16(9-5-14)17-10-6-15(7-11-17)12-13-18/h14-17H,2-13H2,1H3/t14-,15-,16-,17-. The van der Waals surface area contributed by atoms with Crippen molar-refractivity contribution in [2.24, 2.45) is 23.7 Å². The van der Waals surface area contributed by atoms with Gasteiger partial charge in [0.2, 0.25) is 0 Å². The Hall–Kier alpha value is 0.730. The molecule has 2 aliphatic carbocycles. The first-order valence-corrected chi connectivity index (χ1v) is 9.92. The van der Waals surface area contributed by atoms with Crippen LogP contribution in [-0.4, -0.2) is 4.43 Å². The summed E-state index contributed by atoms with van der Waals surface area (Å²) in [5.41, 5.74) is 0. The van der Waals surface area contributed by atoms with Crippen LogP contribution < -0.4 is 0 Å². The molecule has 0 bridgehead atoms. The molecule has 18 heavy (non-hydrogen) atoms. The SMILES string of the molecule is CCC[C@H]1CC[C@H]([C@H]2CC[C@H](CCI)CC2)CC1. The molecule has 0 amide bonds. The predicted octanol–water partition coefficient (Wildman–Crippen LogP) is 6.22. The molecular formula is C17H31I. The molecule has 2 fully saturated rings. The van der Waals surface area contributed by atoms with Crippen molar-refractivity contribution in [3.63, 3.8) is 0 Å². The van der Waals surface area contributed by atoms with Crippen molar-refractivity contribution < 1.29 is 0 Å². The Bertz CT molecular complexity index is 186. The molecule has 0 aromatic heterocycles. The summed E-state index contributed by atoms with van der Waals surface area (Å²) < 4.78 is 1.37. The van der Waals surface area contributed by atoms with Gasteiger partial charge < -0.3 is 0 Å². The molecule has 0 atom stereocenters. The van der Waals surface area contributed by atoms with Gasteiger partial charge in [0, 0.05) is 0 Å². The summed E-state index contributed by atoms with van der Waals surface area (Å²) in [6.45, 7) is 2.35. The van der Waals surface area contributed by atoms with Crippen LogP contribution >= 0.6 is 22.6 Å². The van der Waals surface area contributed by atoms with E-state index < -0.39 is 0 Å². The summed E-state index contributed by atoms with van der Waals surface area (Å²) >= 11 is 2.55. The van der Waals surface area contributed by atoms with Crippen LogP contribution in [0.2, 0.25) is 0 Å². The fourth-order valence-corrected chi connectivity index (χ4v) is 5.34. The van der Waals surface area contributed by atoms with Gasteiger partial charge in [0.1, 0.15) is 0 Å². The van der Waals surface area contributed by atoms with Crippen molar-refractivity contribution in [3.8, 4) is 0 Å². The average Bonchev–Trinajstić information content (AvgIpc) is 2.41. The van der Waals surface area contributed by atoms with Crippen molar-refractivity contribution in [2.45, 2.75) is 77.6 Å². The van der Waals surface area contributed by atoms with E-state index in [0.717, 1.165) is 23.7 Å². The number of hydrogen-bond acceptors (Lipinski definition) is 0. The van der Waals surface area contributed by atoms with Gasteiger partial charge in [0.05, 0.1) is 0 Å². The summed E-state index contributed by atoms with van der Waals surface area (Å²) in [5, 5.41) is 0. The molecule has 0 aromatic carbocycles. The lowest BCUT2D eigenvalue weighted by Gasteiger charge is -2.37.